The van der Waals surface area contributed by atoms with Crippen LogP contribution in [0.4, 0.5) is 8.78 Å². The van der Waals surface area contributed by atoms with Gasteiger partial charge in [0.05, 0.1) is 17.1 Å². The van der Waals surface area contributed by atoms with E-state index in [2.05, 4.69) is 20.3 Å². The maximum atomic E-state index is 12.7. The molecule has 3 rings (SSSR count). The number of aryl methyl sites for hydroxylation is 1. The van der Waals surface area contributed by atoms with Crippen molar-refractivity contribution in [3.8, 4) is 0 Å². The summed E-state index contributed by atoms with van der Waals surface area (Å²) >= 11 is 0. The third-order valence-corrected chi connectivity index (χ3v) is 3.70. The maximum Gasteiger partial charge on any atom is 0.280 e. The first-order chi connectivity index (χ1) is 11.5. The monoisotopic (exact) mass is 331 g/mol. The number of para-hydroxylation sites is 2. The highest BCUT2D eigenvalue weighted by Gasteiger charge is 2.19. The summed E-state index contributed by atoms with van der Waals surface area (Å²) in [5, 5.41) is 2.72. The maximum absolute atomic E-state index is 12.7. The molecular weight excluding hydrogens is 316 g/mol. The van der Waals surface area contributed by atoms with Crippen LogP contribution in [-0.2, 0) is 7.05 Å². The highest BCUT2D eigenvalue weighted by atomic mass is 19.3. The normalized spacial score (nSPS) is 12.5. The Labute approximate surface area is 136 Å². The Morgan fingerprint density at radius 1 is 1.25 bits per heavy atom. The van der Waals surface area contributed by atoms with Crippen LogP contribution in [0.1, 0.15) is 41.4 Å². The standard InChI is InChI=1S/C16H15F2N5O/c1-9(15-22-10-5-3-4-6-13(10)23(15)2)21-16(24)12-7-11(14(17)18)19-8-20-12/h3-9,14H,1-2H3,(H,21,24). The number of hydrogen-bond acceptors (Lipinski definition) is 4. The van der Waals surface area contributed by atoms with Gasteiger partial charge in [0, 0.05) is 7.05 Å². The summed E-state index contributed by atoms with van der Waals surface area (Å²) in [7, 11) is 1.85. The van der Waals surface area contributed by atoms with Gasteiger partial charge in [-0.25, -0.2) is 23.7 Å². The fraction of sp³-hybridized carbons (Fsp3) is 0.250. The first-order valence-electron chi connectivity index (χ1n) is 7.29. The first-order valence-corrected chi connectivity index (χ1v) is 7.29. The van der Waals surface area contributed by atoms with E-state index in [1.807, 2.05) is 35.9 Å². The zero-order chi connectivity index (χ0) is 17.3. The van der Waals surface area contributed by atoms with E-state index < -0.39 is 24.1 Å². The van der Waals surface area contributed by atoms with Gasteiger partial charge in [0.2, 0.25) is 0 Å². The van der Waals surface area contributed by atoms with Crippen LogP contribution in [0.2, 0.25) is 0 Å². The highest BCUT2D eigenvalue weighted by molar-refractivity contribution is 5.92. The predicted molar refractivity (Wildman–Crippen MR) is 83.6 cm³/mol. The lowest BCUT2D eigenvalue weighted by molar-refractivity contribution is 0.0931. The lowest BCUT2D eigenvalue weighted by Crippen LogP contribution is -2.29. The van der Waals surface area contributed by atoms with Crippen LogP contribution in [0.25, 0.3) is 11.0 Å². The van der Waals surface area contributed by atoms with Crippen molar-refractivity contribution in [3.63, 3.8) is 0 Å². The molecule has 3 aromatic rings. The van der Waals surface area contributed by atoms with Crippen molar-refractivity contribution in [1.29, 1.82) is 0 Å². The van der Waals surface area contributed by atoms with Gasteiger partial charge in [-0.05, 0) is 25.1 Å². The second kappa shape index (κ2) is 6.31. The van der Waals surface area contributed by atoms with Crippen LogP contribution in [-0.4, -0.2) is 25.4 Å². The zero-order valence-corrected chi connectivity index (χ0v) is 13.1. The third kappa shape index (κ3) is 2.94. The molecule has 1 aromatic carbocycles. The summed E-state index contributed by atoms with van der Waals surface area (Å²) < 4.78 is 27.2. The molecule has 1 N–H and O–H groups in total. The predicted octanol–water partition coefficient (Wildman–Crippen LogP) is 2.79. The molecule has 8 heteroatoms. The molecule has 6 nitrogen and oxygen atoms in total. The zero-order valence-electron chi connectivity index (χ0n) is 13.1. The van der Waals surface area contributed by atoms with Gasteiger partial charge in [-0.1, -0.05) is 12.1 Å². The van der Waals surface area contributed by atoms with Crippen molar-refractivity contribution in [1.82, 2.24) is 24.8 Å². The molecule has 0 aliphatic rings. The molecule has 0 saturated carbocycles. The van der Waals surface area contributed by atoms with E-state index in [0.717, 1.165) is 23.4 Å². The number of amides is 1. The van der Waals surface area contributed by atoms with Crippen molar-refractivity contribution in [2.75, 3.05) is 0 Å². The van der Waals surface area contributed by atoms with Gasteiger partial charge >= 0.3 is 0 Å². The number of carbonyl (C=O) groups excluding carboxylic acids is 1. The number of aromatic nitrogens is 4. The Morgan fingerprint density at radius 2 is 2.00 bits per heavy atom. The van der Waals surface area contributed by atoms with Gasteiger partial charge in [0.1, 0.15) is 23.5 Å². The van der Waals surface area contributed by atoms with Crippen LogP contribution in [0.15, 0.2) is 36.7 Å². The quantitative estimate of drug-likeness (QED) is 0.798. The Kier molecular flexibility index (Phi) is 4.20. The highest BCUT2D eigenvalue weighted by Crippen LogP contribution is 2.20. The molecule has 0 aliphatic carbocycles. The number of fused-ring (bicyclic) bond motifs is 1. The number of halogens is 2. The number of carbonyl (C=O) groups is 1. The first kappa shape index (κ1) is 16.0. The molecular formula is C16H15F2N5O. The second-order valence-electron chi connectivity index (χ2n) is 5.34. The molecule has 2 aromatic heterocycles. The average Bonchev–Trinajstić information content (AvgIpc) is 2.92. The van der Waals surface area contributed by atoms with Crippen LogP contribution in [0, 0.1) is 0 Å². The Hall–Kier alpha value is -2.90. The van der Waals surface area contributed by atoms with Gasteiger partial charge < -0.3 is 9.88 Å². The number of imidazole rings is 1. The van der Waals surface area contributed by atoms with Crippen molar-refractivity contribution >= 4 is 16.9 Å². The summed E-state index contributed by atoms with van der Waals surface area (Å²) in [6, 6.07) is 8.17. The minimum atomic E-state index is -2.75. The van der Waals surface area contributed by atoms with Crippen molar-refractivity contribution < 1.29 is 13.6 Å². The lowest BCUT2D eigenvalue weighted by atomic mass is 10.2. The average molecular weight is 331 g/mol. The number of benzene rings is 1. The fourth-order valence-electron chi connectivity index (χ4n) is 2.50. The van der Waals surface area contributed by atoms with Gasteiger partial charge in [-0.2, -0.15) is 0 Å². The van der Waals surface area contributed by atoms with Gasteiger partial charge in [-0.15, -0.1) is 0 Å². The molecule has 0 spiro atoms. The lowest BCUT2D eigenvalue weighted by Gasteiger charge is -2.13. The number of nitrogens with one attached hydrogen (secondary N) is 1. The van der Waals surface area contributed by atoms with Crippen molar-refractivity contribution in [2.24, 2.45) is 7.05 Å². The molecule has 0 bridgehead atoms. The van der Waals surface area contributed by atoms with Crippen molar-refractivity contribution in [2.45, 2.75) is 19.4 Å². The van der Waals surface area contributed by atoms with Crippen LogP contribution in [0.5, 0.6) is 0 Å². The summed E-state index contributed by atoms with van der Waals surface area (Å²) in [5.41, 5.74) is 1.17. The largest absolute Gasteiger partial charge is 0.341 e. The second-order valence-corrected chi connectivity index (χ2v) is 5.34. The summed E-state index contributed by atoms with van der Waals surface area (Å²) in [6.45, 7) is 1.77. The summed E-state index contributed by atoms with van der Waals surface area (Å²) in [6.07, 6.45) is -1.80. The Bertz CT molecular complexity index is 893. The topological polar surface area (TPSA) is 72.7 Å². The Morgan fingerprint density at radius 3 is 2.71 bits per heavy atom. The van der Waals surface area contributed by atoms with Crippen LogP contribution >= 0.6 is 0 Å². The van der Waals surface area contributed by atoms with Crippen molar-refractivity contribution in [3.05, 3.63) is 53.9 Å². The van der Waals surface area contributed by atoms with Crippen LogP contribution < -0.4 is 5.32 Å². The SMILES string of the molecule is CC(NC(=O)c1cc(C(F)F)ncn1)c1nc2ccccc2n1C. The molecule has 0 saturated heterocycles. The van der Waals surface area contributed by atoms with E-state index in [1.165, 1.54) is 0 Å². The molecule has 0 fully saturated rings. The number of hydrogen-bond donors (Lipinski definition) is 1. The minimum Gasteiger partial charge on any atom is -0.341 e. The molecule has 2 heterocycles. The Balaban J connectivity index is 1.83. The molecule has 24 heavy (non-hydrogen) atoms. The fourth-order valence-corrected chi connectivity index (χ4v) is 2.50. The van der Waals surface area contributed by atoms with Crippen LogP contribution in [0.3, 0.4) is 0 Å². The van der Waals surface area contributed by atoms with E-state index >= 15 is 0 Å². The number of rotatable bonds is 4. The number of nitrogens with zero attached hydrogens (tertiary/aromatic N) is 4. The summed E-state index contributed by atoms with van der Waals surface area (Å²) in [4.78, 5) is 23.9. The molecule has 1 amide bonds. The third-order valence-electron chi connectivity index (χ3n) is 3.70. The molecule has 1 atom stereocenters. The van der Waals surface area contributed by atoms with E-state index in [4.69, 9.17) is 0 Å². The molecule has 0 aliphatic heterocycles. The smallest absolute Gasteiger partial charge is 0.280 e. The van der Waals surface area contributed by atoms with E-state index in [-0.39, 0.29) is 5.69 Å². The molecule has 0 radical (unpaired) electrons. The molecule has 124 valence electrons. The van der Waals surface area contributed by atoms with E-state index in [9.17, 15) is 13.6 Å². The van der Waals surface area contributed by atoms with Gasteiger partial charge in [-0.3, -0.25) is 4.79 Å². The van der Waals surface area contributed by atoms with E-state index in [0.29, 0.717) is 5.82 Å². The summed E-state index contributed by atoms with van der Waals surface area (Å²) in [5.74, 6) is 0.103. The van der Waals surface area contributed by atoms with Gasteiger partial charge in [0.15, 0.2) is 0 Å². The van der Waals surface area contributed by atoms with E-state index in [1.54, 1.807) is 6.92 Å². The molecule has 1 unspecified atom stereocenters. The minimum absolute atomic E-state index is 0.106. The number of alkyl halides is 2. The van der Waals surface area contributed by atoms with Gasteiger partial charge in [0.25, 0.3) is 12.3 Å².